The van der Waals surface area contributed by atoms with E-state index in [1.807, 2.05) is 6.07 Å². The van der Waals surface area contributed by atoms with Gasteiger partial charge in [-0.25, -0.2) is 0 Å². The van der Waals surface area contributed by atoms with Gasteiger partial charge in [-0.3, -0.25) is 0 Å². The maximum absolute atomic E-state index is 9.97. The molecule has 1 aromatic rings. The van der Waals surface area contributed by atoms with Crippen molar-refractivity contribution >= 4 is 0 Å². The van der Waals surface area contributed by atoms with Crippen LogP contribution in [-0.4, -0.2) is 12.2 Å². The highest BCUT2D eigenvalue weighted by atomic mass is 16.5. The fourth-order valence-electron chi connectivity index (χ4n) is 2.44. The van der Waals surface area contributed by atoms with Crippen LogP contribution in [0, 0.1) is 5.41 Å². The lowest BCUT2D eigenvalue weighted by Gasteiger charge is -2.30. The van der Waals surface area contributed by atoms with Crippen molar-refractivity contribution in [2.24, 2.45) is 5.41 Å². The number of hydrogen-bond donors (Lipinski definition) is 1. The summed E-state index contributed by atoms with van der Waals surface area (Å²) in [5, 5.41) is 9.97. The Morgan fingerprint density at radius 1 is 1.33 bits per heavy atom. The topological polar surface area (TPSA) is 29.5 Å². The van der Waals surface area contributed by atoms with Crippen LogP contribution in [0.4, 0.5) is 0 Å². The fourth-order valence-corrected chi connectivity index (χ4v) is 2.44. The van der Waals surface area contributed by atoms with Crippen LogP contribution >= 0.6 is 0 Å². The summed E-state index contributed by atoms with van der Waals surface area (Å²) in [5.41, 5.74) is 1.08. The Labute approximate surface area is 109 Å². The molecule has 1 aliphatic carbocycles. The van der Waals surface area contributed by atoms with Crippen LogP contribution in [0.3, 0.4) is 0 Å². The predicted molar refractivity (Wildman–Crippen MR) is 74.0 cm³/mol. The first kappa shape index (κ1) is 12.7. The Balaban J connectivity index is 2.27. The summed E-state index contributed by atoms with van der Waals surface area (Å²) in [6.45, 7) is 2.20. The van der Waals surface area contributed by atoms with Crippen molar-refractivity contribution in [3.8, 4) is 11.5 Å². The van der Waals surface area contributed by atoms with Crippen molar-refractivity contribution in [2.75, 3.05) is 7.11 Å². The summed E-state index contributed by atoms with van der Waals surface area (Å²) in [4.78, 5) is 0. The van der Waals surface area contributed by atoms with E-state index in [2.05, 4.69) is 31.2 Å². The minimum Gasteiger partial charge on any atom is -0.508 e. The molecule has 0 spiro atoms. The van der Waals surface area contributed by atoms with E-state index < -0.39 is 0 Å². The SMILES string of the molecule is CCC1(Cc2cc(OC)ccc2O)C=CC=CC1. The minimum atomic E-state index is 0.124. The zero-order chi connectivity index (χ0) is 13.0. The van der Waals surface area contributed by atoms with Crippen LogP contribution in [0.25, 0.3) is 0 Å². The van der Waals surface area contributed by atoms with E-state index in [1.165, 1.54) is 0 Å². The van der Waals surface area contributed by atoms with E-state index in [4.69, 9.17) is 4.74 Å². The van der Waals surface area contributed by atoms with Crippen molar-refractivity contribution in [2.45, 2.75) is 26.2 Å². The maximum Gasteiger partial charge on any atom is 0.119 e. The summed E-state index contributed by atoms with van der Waals surface area (Å²) in [7, 11) is 1.65. The maximum atomic E-state index is 9.97. The molecule has 0 fully saturated rings. The van der Waals surface area contributed by atoms with Crippen LogP contribution in [0.15, 0.2) is 42.5 Å². The molecule has 0 saturated carbocycles. The van der Waals surface area contributed by atoms with Gasteiger partial charge in [-0.1, -0.05) is 31.2 Å². The summed E-state index contributed by atoms with van der Waals surface area (Å²) in [5.74, 6) is 1.15. The highest BCUT2D eigenvalue weighted by Gasteiger charge is 2.26. The molecule has 0 aliphatic heterocycles. The van der Waals surface area contributed by atoms with Gasteiger partial charge in [-0.2, -0.15) is 0 Å². The molecule has 2 rings (SSSR count). The molecule has 0 saturated heterocycles. The third-order valence-corrected chi connectivity index (χ3v) is 3.75. The number of phenols is 1. The fraction of sp³-hybridized carbons (Fsp3) is 0.375. The number of aromatic hydroxyl groups is 1. The standard InChI is InChI=1S/C16H20O2/c1-3-16(9-5-4-6-10-16)12-13-11-14(18-2)7-8-15(13)17/h4-9,11,17H,3,10,12H2,1-2H3. The molecular formula is C16H20O2. The molecule has 1 N–H and O–H groups in total. The molecule has 18 heavy (non-hydrogen) atoms. The molecule has 2 heteroatoms. The first-order chi connectivity index (χ1) is 8.69. The van der Waals surface area contributed by atoms with Gasteiger partial charge in [0.05, 0.1) is 7.11 Å². The largest absolute Gasteiger partial charge is 0.508 e. The summed E-state index contributed by atoms with van der Waals surface area (Å²) < 4.78 is 5.22. The first-order valence-corrected chi connectivity index (χ1v) is 6.39. The second-order valence-electron chi connectivity index (χ2n) is 4.88. The van der Waals surface area contributed by atoms with Gasteiger partial charge in [0.2, 0.25) is 0 Å². The zero-order valence-corrected chi connectivity index (χ0v) is 11.0. The Kier molecular flexibility index (Phi) is 3.75. The first-order valence-electron chi connectivity index (χ1n) is 6.39. The van der Waals surface area contributed by atoms with Crippen LogP contribution in [0.2, 0.25) is 0 Å². The van der Waals surface area contributed by atoms with Gasteiger partial charge in [0.15, 0.2) is 0 Å². The molecular weight excluding hydrogens is 224 g/mol. The second-order valence-corrected chi connectivity index (χ2v) is 4.88. The highest BCUT2D eigenvalue weighted by molar-refractivity contribution is 5.40. The number of allylic oxidation sites excluding steroid dienone is 4. The van der Waals surface area contributed by atoms with Crippen LogP contribution < -0.4 is 4.74 Å². The third kappa shape index (κ3) is 2.58. The van der Waals surface area contributed by atoms with E-state index in [9.17, 15) is 5.11 Å². The van der Waals surface area contributed by atoms with Crippen LogP contribution in [-0.2, 0) is 6.42 Å². The average Bonchev–Trinajstić information content (AvgIpc) is 2.42. The number of methoxy groups -OCH3 is 1. The number of phenolic OH excluding ortho intramolecular Hbond substituents is 1. The van der Waals surface area contributed by atoms with E-state index >= 15 is 0 Å². The van der Waals surface area contributed by atoms with Crippen LogP contribution in [0.1, 0.15) is 25.3 Å². The van der Waals surface area contributed by atoms with Crippen LogP contribution in [0.5, 0.6) is 11.5 Å². The molecule has 0 bridgehead atoms. The molecule has 0 aromatic heterocycles. The molecule has 0 heterocycles. The average molecular weight is 244 g/mol. The van der Waals surface area contributed by atoms with Crippen molar-refractivity contribution in [1.29, 1.82) is 0 Å². The molecule has 1 aliphatic rings. The van der Waals surface area contributed by atoms with Gasteiger partial charge in [0.25, 0.3) is 0 Å². The number of rotatable bonds is 4. The Bertz CT molecular complexity index is 474. The van der Waals surface area contributed by atoms with E-state index in [-0.39, 0.29) is 5.41 Å². The number of ether oxygens (including phenoxy) is 1. The lowest BCUT2D eigenvalue weighted by atomic mass is 9.74. The van der Waals surface area contributed by atoms with Gasteiger partial charge in [0.1, 0.15) is 11.5 Å². The molecule has 1 atom stereocenters. The van der Waals surface area contributed by atoms with Crippen molar-refractivity contribution in [3.63, 3.8) is 0 Å². The molecule has 2 nitrogen and oxygen atoms in total. The monoisotopic (exact) mass is 244 g/mol. The Morgan fingerprint density at radius 2 is 2.17 bits per heavy atom. The third-order valence-electron chi connectivity index (χ3n) is 3.75. The van der Waals surface area contributed by atoms with E-state index in [0.717, 1.165) is 30.6 Å². The molecule has 1 aromatic carbocycles. The van der Waals surface area contributed by atoms with E-state index in [1.54, 1.807) is 19.2 Å². The predicted octanol–water partition coefficient (Wildman–Crippen LogP) is 3.86. The quantitative estimate of drug-likeness (QED) is 0.871. The van der Waals surface area contributed by atoms with Crippen molar-refractivity contribution in [1.82, 2.24) is 0 Å². The lowest BCUT2D eigenvalue weighted by molar-refractivity contribution is 0.354. The summed E-state index contributed by atoms with van der Waals surface area (Å²) in [6.07, 6.45) is 11.6. The van der Waals surface area contributed by atoms with Gasteiger partial charge in [-0.05, 0) is 48.4 Å². The molecule has 96 valence electrons. The number of hydrogen-bond acceptors (Lipinski definition) is 2. The molecule has 0 radical (unpaired) electrons. The van der Waals surface area contributed by atoms with Crippen molar-refractivity contribution in [3.05, 3.63) is 48.1 Å². The van der Waals surface area contributed by atoms with Gasteiger partial charge < -0.3 is 9.84 Å². The second kappa shape index (κ2) is 5.30. The van der Waals surface area contributed by atoms with Gasteiger partial charge in [0, 0.05) is 0 Å². The smallest absolute Gasteiger partial charge is 0.119 e. The lowest BCUT2D eigenvalue weighted by Crippen LogP contribution is -2.20. The van der Waals surface area contributed by atoms with E-state index in [0.29, 0.717) is 5.75 Å². The van der Waals surface area contributed by atoms with Gasteiger partial charge >= 0.3 is 0 Å². The summed E-state index contributed by atoms with van der Waals surface area (Å²) in [6, 6.07) is 5.42. The molecule has 1 unspecified atom stereocenters. The zero-order valence-electron chi connectivity index (χ0n) is 11.0. The van der Waals surface area contributed by atoms with Crippen molar-refractivity contribution < 1.29 is 9.84 Å². The molecule has 0 amide bonds. The highest BCUT2D eigenvalue weighted by Crippen LogP contribution is 2.38. The number of benzene rings is 1. The normalized spacial score (nSPS) is 22.1. The summed E-state index contributed by atoms with van der Waals surface area (Å²) >= 11 is 0. The Morgan fingerprint density at radius 3 is 2.78 bits per heavy atom. The Hall–Kier alpha value is -1.70. The minimum absolute atomic E-state index is 0.124. The van der Waals surface area contributed by atoms with Gasteiger partial charge in [-0.15, -0.1) is 0 Å².